The lowest BCUT2D eigenvalue weighted by Gasteiger charge is -2.64. The first-order valence-electron chi connectivity index (χ1n) is 30.4. The van der Waals surface area contributed by atoms with Crippen molar-refractivity contribution in [3.05, 3.63) is 79.5 Å². The Morgan fingerprint density at radius 2 is 1.29 bits per heavy atom. The van der Waals surface area contributed by atoms with Gasteiger partial charge >= 0.3 is 0 Å². The first-order chi connectivity index (χ1) is 35.3. The smallest absolute Gasteiger partial charge is 0.123 e. The van der Waals surface area contributed by atoms with E-state index in [9.17, 15) is 0 Å². The van der Waals surface area contributed by atoms with Gasteiger partial charge in [0.25, 0.3) is 0 Å². The topological polar surface area (TPSA) is 58.6 Å². The molecular formula is C65H77NO6. The molecular weight excluding hydrogens is 891 g/mol. The Morgan fingerprint density at radius 1 is 0.583 bits per heavy atom. The highest BCUT2D eigenvalue weighted by Crippen LogP contribution is 2.95. The van der Waals surface area contributed by atoms with Crippen molar-refractivity contribution in [1.29, 1.82) is 0 Å². The van der Waals surface area contributed by atoms with E-state index >= 15 is 0 Å². The van der Waals surface area contributed by atoms with Gasteiger partial charge in [-0.1, -0.05) is 47.3 Å². The standard InChI is InChI=1S/C65H77NO6/c1-62(26-69-27-62)24-67-16-4-18-71-31-20-30(21-32(22-31)72-19-5-17-68-25-63(2)28-70-29-63)61-65-42-15-14-41-39-12-10-37-35-8-6-33-34-7-9-36-38-11-13-40(42)50-48(38)53-46(36)44(34)51-43(33)45(35)52-47(37)49(39)59(64(41,65)23-66(61)3)57-55(52)54(51)56(53)58(57)60(50)65/h20-22,33-34,37,39,41,43-44,46-47,49,51-56,58,60-61H,4-19,23-29H2,1-3H3. The molecule has 7 nitrogen and oxygen atoms in total. The minimum atomic E-state index is 0.115. The molecule has 2 spiro atoms. The van der Waals surface area contributed by atoms with E-state index in [0.29, 0.717) is 38.4 Å². The molecule has 16 aliphatic carbocycles. The van der Waals surface area contributed by atoms with E-state index in [1.54, 1.807) is 6.42 Å². The highest BCUT2D eigenvalue weighted by atomic mass is 16.5. The van der Waals surface area contributed by atoms with Gasteiger partial charge in [0.1, 0.15) is 11.5 Å². The van der Waals surface area contributed by atoms with Crippen LogP contribution in [0.15, 0.2) is 73.9 Å². The molecule has 0 amide bonds. The summed E-state index contributed by atoms with van der Waals surface area (Å²) in [7, 11) is 2.62. The third-order valence-electron chi connectivity index (χ3n) is 27.1. The van der Waals surface area contributed by atoms with Crippen LogP contribution >= 0.6 is 0 Å². The molecule has 21 unspecified atom stereocenters. The number of ether oxygens (including phenoxy) is 6. The van der Waals surface area contributed by atoms with Crippen LogP contribution in [0, 0.1) is 128 Å². The molecule has 72 heavy (non-hydrogen) atoms. The van der Waals surface area contributed by atoms with E-state index in [0.717, 1.165) is 165 Å². The number of nitrogens with zero attached hydrogens (tertiary/aromatic N) is 1. The number of allylic oxidation sites excluding steroid dienone is 8. The number of rotatable bonds is 15. The van der Waals surface area contributed by atoms with Crippen LogP contribution < -0.4 is 9.47 Å². The fourth-order valence-electron chi connectivity index (χ4n) is 26.6. The fourth-order valence-corrected chi connectivity index (χ4v) is 26.6. The van der Waals surface area contributed by atoms with E-state index in [1.807, 2.05) is 22.3 Å². The molecule has 1 aromatic rings. The van der Waals surface area contributed by atoms with Gasteiger partial charge in [-0.25, -0.2) is 0 Å². The number of likely N-dealkylation sites (tertiary alicyclic amines) is 1. The minimum Gasteiger partial charge on any atom is -0.493 e. The Hall–Kier alpha value is -2.68. The molecule has 1 aromatic carbocycles. The summed E-state index contributed by atoms with van der Waals surface area (Å²) in [6, 6.07) is 7.66. The van der Waals surface area contributed by atoms with Crippen molar-refractivity contribution in [3.8, 4) is 11.5 Å². The van der Waals surface area contributed by atoms with Gasteiger partial charge in [0.15, 0.2) is 0 Å². The molecule has 3 heterocycles. The van der Waals surface area contributed by atoms with Gasteiger partial charge in [-0.2, -0.15) is 0 Å². The molecule has 11 fully saturated rings. The van der Waals surface area contributed by atoms with Crippen LogP contribution in [0.4, 0.5) is 0 Å². The first-order valence-corrected chi connectivity index (χ1v) is 30.4. The third-order valence-corrected chi connectivity index (χ3v) is 27.1. The van der Waals surface area contributed by atoms with Gasteiger partial charge < -0.3 is 28.4 Å². The maximum atomic E-state index is 6.95. The van der Waals surface area contributed by atoms with Crippen LogP contribution in [0.1, 0.15) is 103 Å². The zero-order valence-corrected chi connectivity index (χ0v) is 43.4. The summed E-state index contributed by atoms with van der Waals surface area (Å²) < 4.78 is 37.4. The summed E-state index contributed by atoms with van der Waals surface area (Å²) in [4.78, 5) is 3.02. The van der Waals surface area contributed by atoms with E-state index < -0.39 is 0 Å². The molecule has 20 rings (SSSR count). The lowest BCUT2D eigenvalue weighted by molar-refractivity contribution is -0.138. The lowest BCUT2D eigenvalue weighted by atomic mass is 9.38. The number of benzene rings is 1. The van der Waals surface area contributed by atoms with Gasteiger partial charge in [-0.05, 0) is 212 Å². The zero-order valence-electron chi connectivity index (χ0n) is 43.4. The summed E-state index contributed by atoms with van der Waals surface area (Å²) in [6.07, 6.45) is 16.3. The van der Waals surface area contributed by atoms with Crippen LogP contribution in [0.25, 0.3) is 0 Å². The minimum absolute atomic E-state index is 0.115. The Bertz CT molecular complexity index is 2840. The Kier molecular flexibility index (Phi) is 7.69. The maximum absolute atomic E-state index is 6.95. The normalized spacial score (nSPS) is 51.0. The molecule has 19 aliphatic rings. The van der Waals surface area contributed by atoms with E-state index in [1.165, 1.54) is 69.9 Å². The van der Waals surface area contributed by atoms with Crippen molar-refractivity contribution in [2.45, 2.75) is 96.9 Å². The van der Waals surface area contributed by atoms with Crippen molar-refractivity contribution < 1.29 is 28.4 Å². The SMILES string of the molecule is CN1CC23C4=C5C6C7C8=C9CCC%10C%11CCC%12=C%13CCC%14=C(CCC2C2CCC9C7C42)C3(C2C%14=C%13C3C%12C%11C(C8%10)C6C3C52)C1c1cc(OCCCOCC2(C)COC2)cc(OCCCOCC2(C)COC2)c1. The van der Waals surface area contributed by atoms with Crippen molar-refractivity contribution >= 4 is 0 Å². The van der Waals surface area contributed by atoms with Gasteiger partial charge in [-0.3, -0.25) is 4.90 Å². The molecule has 0 bridgehead atoms. The summed E-state index contributed by atoms with van der Waals surface area (Å²) >= 11 is 0. The predicted octanol–water partition coefficient (Wildman–Crippen LogP) is 11.0. The maximum Gasteiger partial charge on any atom is 0.123 e. The summed E-state index contributed by atoms with van der Waals surface area (Å²) in [6.45, 7) is 13.3. The molecule has 3 saturated heterocycles. The second-order valence-corrected chi connectivity index (χ2v) is 29.6. The van der Waals surface area contributed by atoms with Crippen molar-refractivity contribution in [1.82, 2.24) is 4.90 Å². The molecule has 0 radical (unpaired) electrons. The van der Waals surface area contributed by atoms with Gasteiger partial charge in [0.2, 0.25) is 0 Å². The fraction of sp³-hybridized carbons (Fsp3) is 0.754. The van der Waals surface area contributed by atoms with Crippen LogP contribution in [0.3, 0.4) is 0 Å². The number of hydrogen-bond acceptors (Lipinski definition) is 7. The lowest BCUT2D eigenvalue weighted by Crippen LogP contribution is -2.60. The van der Waals surface area contributed by atoms with E-state index in [-0.39, 0.29) is 21.7 Å². The van der Waals surface area contributed by atoms with Crippen LogP contribution in [-0.4, -0.2) is 84.6 Å². The average molecular weight is 968 g/mol. The predicted molar refractivity (Wildman–Crippen MR) is 271 cm³/mol. The van der Waals surface area contributed by atoms with Crippen molar-refractivity contribution in [2.24, 2.45) is 128 Å². The second kappa shape index (κ2) is 13.3. The highest BCUT2D eigenvalue weighted by Gasteiger charge is 2.89. The van der Waals surface area contributed by atoms with Crippen LogP contribution in [0.5, 0.6) is 11.5 Å². The average Bonchev–Trinajstić information content (AvgIpc) is 4.22. The van der Waals surface area contributed by atoms with E-state index in [2.05, 4.69) is 77.4 Å². The molecule has 21 atom stereocenters. The van der Waals surface area contributed by atoms with Crippen LogP contribution in [-0.2, 0) is 18.9 Å². The van der Waals surface area contributed by atoms with E-state index in [4.69, 9.17) is 28.4 Å². The third kappa shape index (κ3) is 4.30. The van der Waals surface area contributed by atoms with Crippen LogP contribution in [0.2, 0.25) is 0 Å². The molecule has 7 heteroatoms. The molecule has 378 valence electrons. The van der Waals surface area contributed by atoms with Crippen molar-refractivity contribution in [2.75, 3.05) is 79.7 Å². The number of fused-ring (bicyclic) bond motifs is 3. The monoisotopic (exact) mass is 968 g/mol. The molecule has 0 aromatic heterocycles. The molecule has 0 N–H and O–H groups in total. The number of hydrogen-bond donors (Lipinski definition) is 0. The zero-order chi connectivity index (χ0) is 46.7. The quantitative estimate of drug-likeness (QED) is 0.128. The molecule has 8 saturated carbocycles. The van der Waals surface area contributed by atoms with Gasteiger partial charge in [-0.15, -0.1) is 0 Å². The van der Waals surface area contributed by atoms with Gasteiger partial charge in [0, 0.05) is 72.3 Å². The highest BCUT2D eigenvalue weighted by molar-refractivity contribution is 5.73. The first kappa shape index (κ1) is 41.5. The summed E-state index contributed by atoms with van der Waals surface area (Å²) in [5.74, 6) is 18.1. The Balaban J connectivity index is 0.762. The van der Waals surface area contributed by atoms with Gasteiger partial charge in [0.05, 0.1) is 52.9 Å². The molecule has 3 aliphatic heterocycles. The largest absolute Gasteiger partial charge is 0.493 e. The summed E-state index contributed by atoms with van der Waals surface area (Å²) in [5.41, 5.74) is 23.1. The summed E-state index contributed by atoms with van der Waals surface area (Å²) in [5, 5.41) is 0. The second-order valence-electron chi connectivity index (χ2n) is 29.6. The Labute approximate surface area is 427 Å². The Morgan fingerprint density at radius 3 is 2.04 bits per heavy atom. The van der Waals surface area contributed by atoms with Crippen molar-refractivity contribution in [3.63, 3.8) is 0 Å².